The molecule has 6 rings (SSSR count). The molecule has 6 heteroatoms. The van der Waals surface area contributed by atoms with Crippen molar-refractivity contribution in [1.29, 1.82) is 0 Å². The lowest BCUT2D eigenvalue weighted by Crippen LogP contribution is -2.39. The van der Waals surface area contributed by atoms with Crippen molar-refractivity contribution in [2.45, 2.75) is 63.5 Å². The zero-order valence-electron chi connectivity index (χ0n) is 19.0. The monoisotopic (exact) mass is 505 g/mol. The summed E-state index contributed by atoms with van der Waals surface area (Å²) < 4.78 is 2.68. The number of aromatic hydroxyl groups is 1. The molecule has 3 aliphatic rings. The van der Waals surface area contributed by atoms with Crippen molar-refractivity contribution in [1.82, 2.24) is 15.0 Å². The van der Waals surface area contributed by atoms with Gasteiger partial charge in [-0.05, 0) is 95.1 Å². The summed E-state index contributed by atoms with van der Waals surface area (Å²) in [6, 6.07) is 10.4. The number of hydrogen-bond donors (Lipinski definition) is 2. The number of rotatable bonds is 3. The van der Waals surface area contributed by atoms with Crippen molar-refractivity contribution in [3.05, 3.63) is 75.4 Å². The number of phenols is 1. The van der Waals surface area contributed by atoms with E-state index in [0.717, 1.165) is 52.5 Å². The Morgan fingerprint density at radius 2 is 2.00 bits per heavy atom. The molecule has 2 saturated carbocycles. The smallest absolute Gasteiger partial charge is 0.132 e. The number of aromatic nitrogens is 3. The first-order chi connectivity index (χ1) is 15.7. The SMILES string of the molecule is C=C1C[C@]23C[C@@]1(O)CC[C@H]2c1cc(Br)c(O)c(C)c1[C@@H]3Cn1cc(-c2ccc(C)cc2)nn1. The van der Waals surface area contributed by atoms with E-state index in [9.17, 15) is 10.2 Å². The van der Waals surface area contributed by atoms with Crippen LogP contribution in [-0.4, -0.2) is 30.8 Å². The molecule has 0 radical (unpaired) electrons. The molecular weight excluding hydrogens is 478 g/mol. The number of aliphatic hydroxyl groups is 1. The predicted molar refractivity (Wildman–Crippen MR) is 131 cm³/mol. The van der Waals surface area contributed by atoms with Crippen LogP contribution in [0.4, 0.5) is 0 Å². The maximum Gasteiger partial charge on any atom is 0.132 e. The molecule has 1 spiro atoms. The van der Waals surface area contributed by atoms with Crippen LogP contribution in [0, 0.1) is 19.3 Å². The molecule has 2 fully saturated rings. The van der Waals surface area contributed by atoms with Gasteiger partial charge >= 0.3 is 0 Å². The molecule has 4 atom stereocenters. The highest BCUT2D eigenvalue weighted by Crippen LogP contribution is 2.72. The van der Waals surface area contributed by atoms with Crippen LogP contribution in [0.1, 0.15) is 59.8 Å². The van der Waals surface area contributed by atoms with Gasteiger partial charge in [-0.2, -0.15) is 0 Å². The number of aryl methyl sites for hydroxylation is 1. The van der Waals surface area contributed by atoms with Gasteiger partial charge in [-0.15, -0.1) is 5.10 Å². The van der Waals surface area contributed by atoms with Gasteiger partial charge in [0.15, 0.2) is 0 Å². The van der Waals surface area contributed by atoms with E-state index in [-0.39, 0.29) is 11.3 Å². The number of fused-ring (bicyclic) bond motifs is 3. The molecule has 2 N–H and O–H groups in total. The molecule has 0 aliphatic heterocycles. The van der Waals surface area contributed by atoms with Gasteiger partial charge in [0.25, 0.3) is 0 Å². The summed E-state index contributed by atoms with van der Waals surface area (Å²) in [5, 5.41) is 31.1. The Hall–Kier alpha value is -2.44. The summed E-state index contributed by atoms with van der Waals surface area (Å²) in [5.41, 5.74) is 6.63. The van der Waals surface area contributed by atoms with Crippen molar-refractivity contribution in [2.75, 3.05) is 0 Å². The fourth-order valence-electron chi connectivity index (χ4n) is 6.98. The lowest BCUT2D eigenvalue weighted by atomic mass is 9.63. The average Bonchev–Trinajstić information content (AvgIpc) is 3.40. The van der Waals surface area contributed by atoms with Crippen LogP contribution in [0.15, 0.2) is 53.2 Å². The Morgan fingerprint density at radius 3 is 2.76 bits per heavy atom. The Morgan fingerprint density at radius 1 is 1.24 bits per heavy atom. The fourth-order valence-corrected chi connectivity index (χ4v) is 7.52. The average molecular weight is 506 g/mol. The molecule has 3 aromatic rings. The Labute approximate surface area is 202 Å². The van der Waals surface area contributed by atoms with Crippen LogP contribution >= 0.6 is 15.9 Å². The largest absolute Gasteiger partial charge is 0.506 e. The van der Waals surface area contributed by atoms with Crippen molar-refractivity contribution in [3.63, 3.8) is 0 Å². The van der Waals surface area contributed by atoms with Crippen LogP contribution in [0.2, 0.25) is 0 Å². The number of benzene rings is 2. The first-order valence-electron chi connectivity index (χ1n) is 11.6. The van der Waals surface area contributed by atoms with E-state index in [1.807, 2.05) is 17.8 Å². The summed E-state index contributed by atoms with van der Waals surface area (Å²) in [7, 11) is 0. The standard InChI is InChI=1S/C27H28BrN3O2/c1-15-4-6-18(7-5-15)23-13-31(30-29-23)12-21-24-17(3)25(32)22(28)10-19(24)20-8-9-27(33)14-26(20,21)11-16(27)2/h4-7,10,13,20-21,32-33H,2,8-9,11-12,14H2,1,3H3/t20-,21-,26-,27-/m0/s1. The highest BCUT2D eigenvalue weighted by atomic mass is 79.9. The fraction of sp³-hybridized carbons (Fsp3) is 0.407. The summed E-state index contributed by atoms with van der Waals surface area (Å²) in [6.07, 6.45) is 5.23. The maximum atomic E-state index is 11.4. The molecule has 3 aliphatic carbocycles. The van der Waals surface area contributed by atoms with Crippen LogP contribution in [0.25, 0.3) is 11.3 Å². The first kappa shape index (κ1) is 21.1. The van der Waals surface area contributed by atoms with E-state index in [0.29, 0.717) is 18.2 Å². The van der Waals surface area contributed by atoms with Gasteiger partial charge in [-0.25, -0.2) is 0 Å². The maximum absolute atomic E-state index is 11.4. The second kappa shape index (κ2) is 7.03. The molecule has 2 aromatic carbocycles. The van der Waals surface area contributed by atoms with Crippen molar-refractivity contribution < 1.29 is 10.2 Å². The normalized spacial score (nSPS) is 29.9. The number of hydrogen-bond acceptors (Lipinski definition) is 4. The van der Waals surface area contributed by atoms with E-state index < -0.39 is 5.60 Å². The van der Waals surface area contributed by atoms with Crippen molar-refractivity contribution in [3.8, 4) is 17.0 Å². The quantitative estimate of drug-likeness (QED) is 0.443. The lowest BCUT2D eigenvalue weighted by molar-refractivity contribution is 0.00370. The highest BCUT2D eigenvalue weighted by Gasteiger charge is 2.64. The predicted octanol–water partition coefficient (Wildman–Crippen LogP) is 5.77. The van der Waals surface area contributed by atoms with Gasteiger partial charge in [0.05, 0.1) is 22.8 Å². The molecule has 1 heterocycles. The highest BCUT2D eigenvalue weighted by molar-refractivity contribution is 9.10. The Kier molecular flexibility index (Phi) is 4.50. The zero-order chi connectivity index (χ0) is 23.1. The van der Waals surface area contributed by atoms with Crippen LogP contribution in [-0.2, 0) is 6.54 Å². The molecule has 0 amide bonds. The Bertz CT molecular complexity index is 1300. The number of halogens is 1. The molecule has 1 aromatic heterocycles. The van der Waals surface area contributed by atoms with Crippen molar-refractivity contribution >= 4 is 15.9 Å². The molecule has 2 bridgehead atoms. The second-order valence-corrected chi connectivity index (χ2v) is 11.2. The third kappa shape index (κ3) is 2.93. The topological polar surface area (TPSA) is 71.2 Å². The summed E-state index contributed by atoms with van der Waals surface area (Å²) in [5.74, 6) is 0.766. The van der Waals surface area contributed by atoms with Crippen LogP contribution < -0.4 is 0 Å². The minimum atomic E-state index is -0.778. The molecule has 33 heavy (non-hydrogen) atoms. The molecule has 0 unspecified atom stereocenters. The molecule has 170 valence electrons. The van der Waals surface area contributed by atoms with Gasteiger partial charge in [0.2, 0.25) is 0 Å². The van der Waals surface area contributed by atoms with Gasteiger partial charge in [-0.1, -0.05) is 41.6 Å². The van der Waals surface area contributed by atoms with E-state index >= 15 is 0 Å². The summed E-state index contributed by atoms with van der Waals surface area (Å²) in [6.45, 7) is 9.04. The Balaban J connectivity index is 1.45. The summed E-state index contributed by atoms with van der Waals surface area (Å²) in [4.78, 5) is 0. The van der Waals surface area contributed by atoms with E-state index in [1.54, 1.807) is 0 Å². The van der Waals surface area contributed by atoms with Crippen LogP contribution in [0.5, 0.6) is 5.75 Å². The van der Waals surface area contributed by atoms with E-state index in [2.05, 4.69) is 70.1 Å². The lowest BCUT2D eigenvalue weighted by Gasteiger charge is -2.42. The van der Waals surface area contributed by atoms with Gasteiger partial charge in [-0.3, -0.25) is 4.68 Å². The molecule has 0 saturated heterocycles. The number of nitrogens with zero attached hydrogens (tertiary/aromatic N) is 3. The van der Waals surface area contributed by atoms with Gasteiger partial charge < -0.3 is 10.2 Å². The van der Waals surface area contributed by atoms with Crippen LogP contribution in [0.3, 0.4) is 0 Å². The van der Waals surface area contributed by atoms with E-state index in [4.69, 9.17) is 0 Å². The van der Waals surface area contributed by atoms with E-state index in [1.165, 1.54) is 16.7 Å². The third-order valence-electron chi connectivity index (χ3n) is 8.61. The molecule has 5 nitrogen and oxygen atoms in total. The minimum absolute atomic E-state index is 0.111. The third-order valence-corrected chi connectivity index (χ3v) is 9.22. The number of phenolic OH excluding ortho intramolecular Hbond substituents is 1. The van der Waals surface area contributed by atoms with Gasteiger partial charge in [0, 0.05) is 11.5 Å². The van der Waals surface area contributed by atoms with Crippen molar-refractivity contribution in [2.24, 2.45) is 5.41 Å². The first-order valence-corrected chi connectivity index (χ1v) is 12.4. The second-order valence-electron chi connectivity index (χ2n) is 10.4. The summed E-state index contributed by atoms with van der Waals surface area (Å²) >= 11 is 3.57. The minimum Gasteiger partial charge on any atom is -0.506 e. The molecular formula is C27H28BrN3O2. The zero-order valence-corrected chi connectivity index (χ0v) is 20.6. The van der Waals surface area contributed by atoms with Gasteiger partial charge in [0.1, 0.15) is 11.4 Å².